The molecule has 3 heterocycles. The highest BCUT2D eigenvalue weighted by Gasteiger charge is 2.33. The molecule has 2 fully saturated rings. The molecule has 1 atom stereocenters. The van der Waals surface area contributed by atoms with E-state index in [9.17, 15) is 9.59 Å². The number of nitrogens with one attached hydrogen (secondary N) is 1. The van der Waals surface area contributed by atoms with Crippen molar-refractivity contribution < 1.29 is 14.3 Å². The van der Waals surface area contributed by atoms with Crippen LogP contribution in [0.25, 0.3) is 0 Å². The summed E-state index contributed by atoms with van der Waals surface area (Å²) in [7, 11) is 0. The molecule has 2 amide bonds. The van der Waals surface area contributed by atoms with E-state index in [1.54, 1.807) is 9.58 Å². The third-order valence-electron chi connectivity index (χ3n) is 7.35. The van der Waals surface area contributed by atoms with Gasteiger partial charge in [0.2, 0.25) is 5.91 Å². The van der Waals surface area contributed by atoms with E-state index in [-0.39, 0.29) is 23.8 Å². The van der Waals surface area contributed by atoms with Gasteiger partial charge in [-0.1, -0.05) is 54.3 Å². The van der Waals surface area contributed by atoms with Gasteiger partial charge in [-0.05, 0) is 38.2 Å². The average Bonchev–Trinajstić information content (AvgIpc) is 3.28. The smallest absolute Gasteiger partial charge is 0.276 e. The zero-order valence-electron chi connectivity index (χ0n) is 19.3. The van der Waals surface area contributed by atoms with Crippen molar-refractivity contribution in [2.75, 3.05) is 13.1 Å². The lowest BCUT2D eigenvalue weighted by molar-refractivity contribution is -0.127. The first-order valence-corrected chi connectivity index (χ1v) is 12.3. The van der Waals surface area contributed by atoms with Crippen LogP contribution in [-0.4, -0.2) is 50.8 Å². The van der Waals surface area contributed by atoms with Gasteiger partial charge in [0.25, 0.3) is 5.91 Å². The molecule has 1 unspecified atom stereocenters. The Morgan fingerprint density at radius 3 is 2.48 bits per heavy atom. The van der Waals surface area contributed by atoms with Gasteiger partial charge in [-0.25, -0.2) is 4.68 Å². The number of aryl methyl sites for hydroxylation is 1. The number of benzene rings is 1. The molecule has 176 valence electrons. The summed E-state index contributed by atoms with van der Waals surface area (Å²) in [5, 5.41) is 11.7. The lowest BCUT2D eigenvalue weighted by atomic mass is 9.92. The van der Waals surface area contributed by atoms with Crippen molar-refractivity contribution in [2.45, 2.75) is 77.2 Å². The van der Waals surface area contributed by atoms with Crippen LogP contribution in [0.1, 0.15) is 78.4 Å². The van der Waals surface area contributed by atoms with Crippen molar-refractivity contribution in [2.24, 2.45) is 5.92 Å². The summed E-state index contributed by atoms with van der Waals surface area (Å²) in [4.78, 5) is 27.6. The summed E-state index contributed by atoms with van der Waals surface area (Å²) < 4.78 is 7.86. The summed E-state index contributed by atoms with van der Waals surface area (Å²) in [5.41, 5.74) is 3.42. The Labute approximate surface area is 194 Å². The first-order chi connectivity index (χ1) is 16.1. The van der Waals surface area contributed by atoms with Gasteiger partial charge < -0.3 is 15.0 Å². The summed E-state index contributed by atoms with van der Waals surface area (Å²) in [6, 6.07) is 8.62. The summed E-state index contributed by atoms with van der Waals surface area (Å²) in [6.07, 6.45) is 7.16. The highest BCUT2D eigenvalue weighted by molar-refractivity contribution is 5.93. The number of hydrogen-bond acceptors (Lipinski definition) is 5. The molecule has 1 aromatic carbocycles. The Morgan fingerprint density at radius 1 is 1.03 bits per heavy atom. The molecule has 33 heavy (non-hydrogen) atoms. The third-order valence-corrected chi connectivity index (χ3v) is 7.35. The highest BCUT2D eigenvalue weighted by atomic mass is 16.5. The number of nitrogens with zero attached hydrogens (tertiary/aromatic N) is 4. The molecule has 1 saturated carbocycles. The van der Waals surface area contributed by atoms with Gasteiger partial charge in [-0.15, -0.1) is 5.10 Å². The Bertz CT molecular complexity index is 988. The van der Waals surface area contributed by atoms with E-state index in [1.807, 2.05) is 0 Å². The van der Waals surface area contributed by atoms with Gasteiger partial charge in [0.15, 0.2) is 5.69 Å². The maximum Gasteiger partial charge on any atom is 0.276 e. The van der Waals surface area contributed by atoms with Crippen LogP contribution in [0.4, 0.5) is 0 Å². The van der Waals surface area contributed by atoms with Crippen LogP contribution in [0.3, 0.4) is 0 Å². The SMILES string of the molecule is Cc1ccc(C2Cn3nnc(C(=O)N4CCC(C(=O)NC5CCCCC5)CC4)c3CO2)cc1. The molecule has 8 nitrogen and oxygen atoms in total. The predicted octanol–water partition coefficient (Wildman–Crippen LogP) is 3.16. The first kappa shape index (κ1) is 22.1. The van der Waals surface area contributed by atoms with Crippen LogP contribution in [0.2, 0.25) is 0 Å². The minimum Gasteiger partial charge on any atom is -0.365 e. The number of hydrogen-bond donors (Lipinski definition) is 1. The zero-order chi connectivity index (χ0) is 22.8. The second-order valence-corrected chi connectivity index (χ2v) is 9.69. The van der Waals surface area contributed by atoms with Crippen molar-refractivity contribution in [3.63, 3.8) is 0 Å². The molecular formula is C25H33N5O3. The first-order valence-electron chi connectivity index (χ1n) is 12.3. The summed E-state index contributed by atoms with van der Waals surface area (Å²) >= 11 is 0. The normalized spacial score (nSPS) is 22.1. The van der Waals surface area contributed by atoms with Crippen LogP contribution < -0.4 is 5.32 Å². The van der Waals surface area contributed by atoms with E-state index in [4.69, 9.17) is 4.74 Å². The van der Waals surface area contributed by atoms with E-state index in [0.717, 1.165) is 24.1 Å². The van der Waals surface area contributed by atoms with Crippen molar-refractivity contribution in [3.05, 3.63) is 46.8 Å². The van der Waals surface area contributed by atoms with E-state index in [1.165, 1.54) is 24.8 Å². The van der Waals surface area contributed by atoms with Crippen LogP contribution in [0, 0.1) is 12.8 Å². The number of fused-ring (bicyclic) bond motifs is 1. The van der Waals surface area contributed by atoms with E-state index in [2.05, 4.69) is 46.8 Å². The number of carbonyl (C=O) groups excluding carboxylic acids is 2. The topological polar surface area (TPSA) is 89.4 Å². The fourth-order valence-corrected chi connectivity index (χ4v) is 5.22. The lowest BCUT2D eigenvalue weighted by Crippen LogP contribution is -2.46. The molecule has 0 spiro atoms. The van der Waals surface area contributed by atoms with Crippen molar-refractivity contribution >= 4 is 11.8 Å². The maximum absolute atomic E-state index is 13.2. The second kappa shape index (κ2) is 9.63. The fraction of sp³-hybridized carbons (Fsp3) is 0.600. The monoisotopic (exact) mass is 451 g/mol. The van der Waals surface area contributed by atoms with Crippen LogP contribution in [0.15, 0.2) is 24.3 Å². The standard InChI is InChI=1S/C25H33N5O3/c1-17-7-9-18(10-8-17)22-15-30-21(16-33-22)23(27-28-30)25(32)29-13-11-19(12-14-29)24(31)26-20-5-3-2-4-6-20/h7-10,19-20,22H,2-6,11-16H2,1H3,(H,26,31). The predicted molar refractivity (Wildman–Crippen MR) is 122 cm³/mol. The average molecular weight is 452 g/mol. The van der Waals surface area contributed by atoms with Gasteiger partial charge >= 0.3 is 0 Å². The number of carbonyl (C=O) groups is 2. The van der Waals surface area contributed by atoms with Crippen LogP contribution >= 0.6 is 0 Å². The number of rotatable bonds is 4. The molecule has 1 N–H and O–H groups in total. The molecule has 8 heteroatoms. The van der Waals surface area contributed by atoms with E-state index >= 15 is 0 Å². The molecule has 0 radical (unpaired) electrons. The summed E-state index contributed by atoms with van der Waals surface area (Å²) in [6.45, 7) is 4.06. The van der Waals surface area contributed by atoms with Crippen LogP contribution in [0.5, 0.6) is 0 Å². The zero-order valence-corrected chi connectivity index (χ0v) is 19.3. The summed E-state index contributed by atoms with van der Waals surface area (Å²) in [5.74, 6) is 0.0361. The number of ether oxygens (including phenoxy) is 1. The van der Waals surface area contributed by atoms with Crippen molar-refractivity contribution in [1.29, 1.82) is 0 Å². The Hall–Kier alpha value is -2.74. The number of likely N-dealkylation sites (tertiary alicyclic amines) is 1. The lowest BCUT2D eigenvalue weighted by Gasteiger charge is -2.32. The molecule has 3 aliphatic rings. The number of piperidine rings is 1. The molecule has 1 aliphatic carbocycles. The molecule has 2 aliphatic heterocycles. The van der Waals surface area contributed by atoms with E-state index in [0.29, 0.717) is 50.8 Å². The van der Waals surface area contributed by atoms with Gasteiger partial charge in [0, 0.05) is 25.0 Å². The van der Waals surface area contributed by atoms with Gasteiger partial charge in [0.05, 0.1) is 18.8 Å². The molecule has 5 rings (SSSR count). The van der Waals surface area contributed by atoms with Gasteiger partial charge in [-0.3, -0.25) is 9.59 Å². The Balaban J connectivity index is 1.17. The number of amides is 2. The molecule has 2 aromatic rings. The molecule has 1 aromatic heterocycles. The van der Waals surface area contributed by atoms with Gasteiger partial charge in [0.1, 0.15) is 6.10 Å². The van der Waals surface area contributed by atoms with Crippen molar-refractivity contribution in [1.82, 2.24) is 25.2 Å². The second-order valence-electron chi connectivity index (χ2n) is 9.69. The highest BCUT2D eigenvalue weighted by Crippen LogP contribution is 2.28. The Morgan fingerprint density at radius 2 is 1.76 bits per heavy atom. The minimum absolute atomic E-state index is 0.0105. The third kappa shape index (κ3) is 4.81. The minimum atomic E-state index is -0.111. The fourth-order valence-electron chi connectivity index (χ4n) is 5.22. The molecular weight excluding hydrogens is 418 g/mol. The largest absolute Gasteiger partial charge is 0.365 e. The van der Waals surface area contributed by atoms with E-state index < -0.39 is 0 Å². The molecule has 0 bridgehead atoms. The van der Waals surface area contributed by atoms with Crippen molar-refractivity contribution in [3.8, 4) is 0 Å². The van der Waals surface area contributed by atoms with Gasteiger partial charge in [-0.2, -0.15) is 0 Å². The Kier molecular flexibility index (Phi) is 6.44. The quantitative estimate of drug-likeness (QED) is 0.771. The number of aromatic nitrogens is 3. The maximum atomic E-state index is 13.2. The van der Waals surface area contributed by atoms with Crippen LogP contribution in [-0.2, 0) is 22.7 Å². The molecule has 1 saturated heterocycles.